The van der Waals surface area contributed by atoms with Crippen LogP contribution in [0, 0.1) is 0 Å². The van der Waals surface area contributed by atoms with Gasteiger partial charge in [0.2, 0.25) is 5.91 Å². The molecular formula is C17H20N4O4. The van der Waals surface area contributed by atoms with E-state index >= 15 is 0 Å². The van der Waals surface area contributed by atoms with Crippen LogP contribution in [-0.2, 0) is 22.6 Å². The Hall–Kier alpha value is -2.71. The number of amides is 1. The molecule has 0 bridgehead atoms. The lowest BCUT2D eigenvalue weighted by Gasteiger charge is -2.26. The summed E-state index contributed by atoms with van der Waals surface area (Å²) in [6, 6.07) is 7.70. The second kappa shape index (κ2) is 7.91. The van der Waals surface area contributed by atoms with Crippen LogP contribution in [0.2, 0.25) is 0 Å². The van der Waals surface area contributed by atoms with E-state index in [4.69, 9.17) is 9.84 Å². The lowest BCUT2D eigenvalue weighted by Crippen LogP contribution is -2.35. The van der Waals surface area contributed by atoms with Crippen LogP contribution >= 0.6 is 0 Å². The Morgan fingerprint density at radius 2 is 2.08 bits per heavy atom. The minimum Gasteiger partial charge on any atom is -0.478 e. The maximum absolute atomic E-state index is 12.1. The van der Waals surface area contributed by atoms with Crippen molar-refractivity contribution >= 4 is 17.6 Å². The predicted octanol–water partition coefficient (Wildman–Crippen LogP) is 1.05. The number of rotatable bonds is 6. The summed E-state index contributed by atoms with van der Waals surface area (Å²) in [7, 11) is 0. The Morgan fingerprint density at radius 1 is 1.28 bits per heavy atom. The molecule has 2 aromatic rings. The van der Waals surface area contributed by atoms with Crippen molar-refractivity contribution in [3.8, 4) is 0 Å². The number of hydrogen-bond donors (Lipinski definition) is 2. The molecule has 8 nitrogen and oxygen atoms in total. The second-order valence-electron chi connectivity index (χ2n) is 5.87. The average molecular weight is 344 g/mol. The van der Waals surface area contributed by atoms with Crippen LogP contribution in [0.4, 0.5) is 5.69 Å². The summed E-state index contributed by atoms with van der Waals surface area (Å²) in [6.07, 6.45) is 2.55. The van der Waals surface area contributed by atoms with Crippen molar-refractivity contribution in [2.75, 3.05) is 31.6 Å². The molecule has 1 fully saturated rings. The van der Waals surface area contributed by atoms with Crippen molar-refractivity contribution in [3.63, 3.8) is 0 Å². The zero-order valence-corrected chi connectivity index (χ0v) is 13.7. The van der Waals surface area contributed by atoms with Crippen molar-refractivity contribution < 1.29 is 19.4 Å². The fourth-order valence-corrected chi connectivity index (χ4v) is 2.67. The summed E-state index contributed by atoms with van der Waals surface area (Å²) in [4.78, 5) is 25.2. The standard InChI is InChI=1S/C17H20N4O4/c22-16(12-21-11-14(9-18-21)17(23)24)19-15-3-1-2-13(8-15)10-20-4-6-25-7-5-20/h1-3,8-9,11H,4-7,10,12H2,(H,19,22)(H,23,24). The van der Waals surface area contributed by atoms with Gasteiger partial charge >= 0.3 is 5.97 Å². The maximum atomic E-state index is 12.1. The van der Waals surface area contributed by atoms with Crippen molar-refractivity contribution in [2.45, 2.75) is 13.1 Å². The summed E-state index contributed by atoms with van der Waals surface area (Å²) >= 11 is 0. The van der Waals surface area contributed by atoms with Gasteiger partial charge in [-0.2, -0.15) is 5.10 Å². The Balaban J connectivity index is 1.57. The fraction of sp³-hybridized carbons (Fsp3) is 0.353. The molecule has 132 valence electrons. The summed E-state index contributed by atoms with van der Waals surface area (Å²) in [5.41, 5.74) is 1.88. The van der Waals surface area contributed by atoms with Crippen LogP contribution in [0.5, 0.6) is 0 Å². The van der Waals surface area contributed by atoms with Crippen molar-refractivity contribution in [1.29, 1.82) is 0 Å². The summed E-state index contributed by atoms with van der Waals surface area (Å²) in [5.74, 6) is -1.33. The molecule has 0 aliphatic carbocycles. The first kappa shape index (κ1) is 17.1. The second-order valence-corrected chi connectivity index (χ2v) is 5.87. The van der Waals surface area contributed by atoms with Crippen LogP contribution in [0.15, 0.2) is 36.7 Å². The molecule has 0 unspecified atom stereocenters. The molecule has 0 atom stereocenters. The number of ether oxygens (including phenoxy) is 1. The van der Waals surface area contributed by atoms with E-state index in [0.29, 0.717) is 5.69 Å². The van der Waals surface area contributed by atoms with Gasteiger partial charge in [-0.1, -0.05) is 12.1 Å². The lowest BCUT2D eigenvalue weighted by molar-refractivity contribution is -0.116. The van der Waals surface area contributed by atoms with E-state index in [2.05, 4.69) is 15.3 Å². The number of aromatic carboxylic acids is 1. The highest BCUT2D eigenvalue weighted by atomic mass is 16.5. The Bertz CT molecular complexity index is 753. The van der Waals surface area contributed by atoms with Gasteiger partial charge in [-0.25, -0.2) is 4.79 Å². The van der Waals surface area contributed by atoms with E-state index in [-0.39, 0.29) is 18.0 Å². The van der Waals surface area contributed by atoms with Gasteiger partial charge in [-0.3, -0.25) is 14.4 Å². The third-order valence-electron chi connectivity index (χ3n) is 3.91. The predicted molar refractivity (Wildman–Crippen MR) is 90.4 cm³/mol. The minimum atomic E-state index is -1.07. The Morgan fingerprint density at radius 3 is 2.80 bits per heavy atom. The lowest BCUT2D eigenvalue weighted by atomic mass is 10.2. The molecule has 25 heavy (non-hydrogen) atoms. The van der Waals surface area contributed by atoms with Crippen molar-refractivity contribution in [3.05, 3.63) is 47.8 Å². The normalized spacial score (nSPS) is 15.0. The van der Waals surface area contributed by atoms with Gasteiger partial charge in [0.25, 0.3) is 0 Å². The van der Waals surface area contributed by atoms with E-state index in [9.17, 15) is 9.59 Å². The number of aromatic nitrogens is 2. The van der Waals surface area contributed by atoms with Crippen LogP contribution in [0.3, 0.4) is 0 Å². The smallest absolute Gasteiger partial charge is 0.338 e. The number of carboxylic acid groups (broad SMARTS) is 1. The monoisotopic (exact) mass is 344 g/mol. The third-order valence-corrected chi connectivity index (χ3v) is 3.91. The molecule has 1 aliphatic rings. The number of nitrogens with one attached hydrogen (secondary N) is 1. The number of carbonyl (C=O) groups is 2. The quantitative estimate of drug-likeness (QED) is 0.813. The summed E-state index contributed by atoms with van der Waals surface area (Å²) in [6.45, 7) is 4.08. The topological polar surface area (TPSA) is 96.7 Å². The maximum Gasteiger partial charge on any atom is 0.338 e. The molecular weight excluding hydrogens is 324 g/mol. The van der Waals surface area contributed by atoms with Crippen molar-refractivity contribution in [2.24, 2.45) is 0 Å². The van der Waals surface area contributed by atoms with Gasteiger partial charge in [-0.05, 0) is 17.7 Å². The first-order chi connectivity index (χ1) is 12.1. The van der Waals surface area contributed by atoms with E-state index in [1.54, 1.807) is 0 Å². The van der Waals surface area contributed by atoms with E-state index in [0.717, 1.165) is 38.4 Å². The highest BCUT2D eigenvalue weighted by Crippen LogP contribution is 2.14. The van der Waals surface area contributed by atoms with Gasteiger partial charge in [0.05, 0.1) is 25.0 Å². The highest BCUT2D eigenvalue weighted by molar-refractivity contribution is 5.91. The van der Waals surface area contributed by atoms with Crippen LogP contribution in [0.1, 0.15) is 15.9 Å². The molecule has 1 aromatic heterocycles. The van der Waals surface area contributed by atoms with Gasteiger partial charge in [0.15, 0.2) is 0 Å². The fourth-order valence-electron chi connectivity index (χ4n) is 2.67. The van der Waals surface area contributed by atoms with Gasteiger partial charge in [0, 0.05) is 31.5 Å². The van der Waals surface area contributed by atoms with Crippen LogP contribution < -0.4 is 5.32 Å². The third kappa shape index (κ3) is 4.88. The van der Waals surface area contributed by atoms with Crippen LogP contribution in [0.25, 0.3) is 0 Å². The molecule has 2 heterocycles. The number of carboxylic acids is 1. The summed E-state index contributed by atoms with van der Waals surface area (Å²) < 4.78 is 6.65. The molecule has 0 radical (unpaired) electrons. The van der Waals surface area contributed by atoms with Gasteiger partial charge in [0.1, 0.15) is 6.54 Å². The molecule has 1 aromatic carbocycles. The number of benzene rings is 1. The molecule has 0 spiro atoms. The van der Waals surface area contributed by atoms with Gasteiger partial charge in [-0.15, -0.1) is 0 Å². The molecule has 8 heteroatoms. The zero-order valence-electron chi connectivity index (χ0n) is 13.7. The molecule has 0 saturated carbocycles. The van der Waals surface area contributed by atoms with Crippen LogP contribution in [-0.4, -0.2) is 58.0 Å². The van der Waals surface area contributed by atoms with E-state index in [1.807, 2.05) is 24.3 Å². The number of carbonyl (C=O) groups excluding carboxylic acids is 1. The van der Waals surface area contributed by atoms with Gasteiger partial charge < -0.3 is 15.2 Å². The highest BCUT2D eigenvalue weighted by Gasteiger charge is 2.12. The number of hydrogen-bond acceptors (Lipinski definition) is 5. The Kier molecular flexibility index (Phi) is 5.42. The summed E-state index contributed by atoms with van der Waals surface area (Å²) in [5, 5.41) is 15.6. The number of anilines is 1. The molecule has 1 aliphatic heterocycles. The average Bonchev–Trinajstić information content (AvgIpc) is 3.05. The van der Waals surface area contributed by atoms with E-state index in [1.165, 1.54) is 17.1 Å². The SMILES string of the molecule is O=C(Cn1cc(C(=O)O)cn1)Nc1cccc(CN2CCOCC2)c1. The molecule has 1 amide bonds. The molecule has 3 rings (SSSR count). The minimum absolute atomic E-state index is 0.0407. The molecule has 2 N–H and O–H groups in total. The van der Waals surface area contributed by atoms with E-state index < -0.39 is 5.97 Å². The zero-order chi connectivity index (χ0) is 17.6. The first-order valence-corrected chi connectivity index (χ1v) is 8.05. The van der Waals surface area contributed by atoms with Crippen molar-refractivity contribution in [1.82, 2.24) is 14.7 Å². The first-order valence-electron chi connectivity index (χ1n) is 8.05. The Labute approximate surface area is 145 Å². The largest absolute Gasteiger partial charge is 0.478 e. The number of nitrogens with zero attached hydrogens (tertiary/aromatic N) is 3. The number of morpholine rings is 1. The molecule has 1 saturated heterocycles.